The lowest BCUT2D eigenvalue weighted by Gasteiger charge is -2.03. The molecular weight excluding hydrogens is 343 g/mol. The van der Waals surface area contributed by atoms with Gasteiger partial charge < -0.3 is 0 Å². The molecule has 0 aliphatic heterocycles. The Labute approximate surface area is 155 Å². The zero-order valence-corrected chi connectivity index (χ0v) is 16.0. The minimum absolute atomic E-state index is 0.0719. The van der Waals surface area contributed by atoms with Gasteiger partial charge in [-0.2, -0.15) is 5.10 Å². The molecular formula is C19H28Cl2N2O. The maximum absolute atomic E-state index is 11.7. The van der Waals surface area contributed by atoms with Crippen LogP contribution in [0, 0.1) is 0 Å². The van der Waals surface area contributed by atoms with Crippen LogP contribution in [0.1, 0.15) is 76.7 Å². The van der Waals surface area contributed by atoms with Gasteiger partial charge in [-0.05, 0) is 18.6 Å². The highest BCUT2D eigenvalue weighted by molar-refractivity contribution is 6.38. The van der Waals surface area contributed by atoms with Crippen LogP contribution in [0.3, 0.4) is 0 Å². The summed E-state index contributed by atoms with van der Waals surface area (Å²) in [6.45, 7) is 2.23. The lowest BCUT2D eigenvalue weighted by atomic mass is 10.1. The summed E-state index contributed by atoms with van der Waals surface area (Å²) in [6, 6.07) is 5.24. The number of hydrogen-bond donors (Lipinski definition) is 1. The average Bonchev–Trinajstić information content (AvgIpc) is 2.56. The molecule has 0 aromatic heterocycles. The molecule has 5 heteroatoms. The number of nitrogens with zero attached hydrogens (tertiary/aromatic N) is 1. The van der Waals surface area contributed by atoms with E-state index in [1.165, 1.54) is 51.2 Å². The number of amides is 1. The Morgan fingerprint density at radius 2 is 1.54 bits per heavy atom. The number of halogens is 2. The van der Waals surface area contributed by atoms with Crippen molar-refractivity contribution < 1.29 is 4.79 Å². The van der Waals surface area contributed by atoms with E-state index in [0.29, 0.717) is 22.0 Å². The number of carbonyl (C=O) groups excluding carboxylic acids is 1. The smallest absolute Gasteiger partial charge is 0.240 e. The molecule has 134 valence electrons. The molecule has 0 radical (unpaired) electrons. The van der Waals surface area contributed by atoms with Gasteiger partial charge in [-0.1, -0.05) is 87.6 Å². The fourth-order valence-corrected chi connectivity index (χ4v) is 2.95. The first-order chi connectivity index (χ1) is 11.6. The molecule has 1 aromatic carbocycles. The third kappa shape index (κ3) is 9.29. The highest BCUT2D eigenvalue weighted by Gasteiger charge is 2.03. The van der Waals surface area contributed by atoms with Crippen molar-refractivity contribution in [2.24, 2.45) is 5.10 Å². The fraction of sp³-hybridized carbons (Fsp3) is 0.579. The van der Waals surface area contributed by atoms with E-state index in [9.17, 15) is 4.79 Å². The van der Waals surface area contributed by atoms with Crippen LogP contribution >= 0.6 is 23.2 Å². The lowest BCUT2D eigenvalue weighted by molar-refractivity contribution is -0.121. The van der Waals surface area contributed by atoms with Gasteiger partial charge in [-0.25, -0.2) is 5.43 Å². The number of carbonyl (C=O) groups is 1. The summed E-state index contributed by atoms with van der Waals surface area (Å²) in [5.74, 6) is -0.0719. The van der Waals surface area contributed by atoms with Crippen LogP contribution in [0.4, 0.5) is 0 Å². The number of rotatable bonds is 12. The Bertz CT molecular complexity index is 498. The second-order valence-electron chi connectivity index (χ2n) is 6.01. The summed E-state index contributed by atoms with van der Waals surface area (Å²) >= 11 is 12.1. The van der Waals surface area contributed by atoms with Crippen LogP contribution in [0.25, 0.3) is 0 Å². The lowest BCUT2D eigenvalue weighted by Crippen LogP contribution is -2.16. The highest BCUT2D eigenvalue weighted by Crippen LogP contribution is 2.22. The molecule has 24 heavy (non-hydrogen) atoms. The van der Waals surface area contributed by atoms with Crippen molar-refractivity contribution in [1.29, 1.82) is 0 Å². The highest BCUT2D eigenvalue weighted by atomic mass is 35.5. The van der Waals surface area contributed by atoms with Crippen molar-refractivity contribution in [3.63, 3.8) is 0 Å². The van der Waals surface area contributed by atoms with Crippen molar-refractivity contribution in [2.75, 3.05) is 0 Å². The van der Waals surface area contributed by atoms with E-state index in [1.807, 2.05) is 0 Å². The molecule has 0 saturated carbocycles. The number of hydrogen-bond acceptors (Lipinski definition) is 2. The quantitative estimate of drug-likeness (QED) is 0.259. The molecule has 1 N–H and O–H groups in total. The van der Waals surface area contributed by atoms with Gasteiger partial charge in [-0.15, -0.1) is 0 Å². The number of benzene rings is 1. The Morgan fingerprint density at radius 1 is 1.00 bits per heavy atom. The normalized spacial score (nSPS) is 11.1. The molecule has 0 atom stereocenters. The second kappa shape index (κ2) is 13.3. The van der Waals surface area contributed by atoms with Gasteiger partial charge in [0.15, 0.2) is 0 Å². The summed E-state index contributed by atoms with van der Waals surface area (Å²) in [5, 5.41) is 4.95. The van der Waals surface area contributed by atoms with E-state index in [4.69, 9.17) is 23.2 Å². The molecule has 0 heterocycles. The van der Waals surface area contributed by atoms with E-state index in [0.717, 1.165) is 12.8 Å². The van der Waals surface area contributed by atoms with Crippen LogP contribution in [0.15, 0.2) is 23.3 Å². The van der Waals surface area contributed by atoms with Gasteiger partial charge in [0.05, 0.1) is 16.3 Å². The van der Waals surface area contributed by atoms with E-state index >= 15 is 0 Å². The molecule has 0 saturated heterocycles. The van der Waals surface area contributed by atoms with E-state index < -0.39 is 0 Å². The molecule has 1 rings (SSSR count). The number of unbranched alkanes of at least 4 members (excludes halogenated alkanes) is 8. The zero-order valence-electron chi connectivity index (χ0n) is 14.5. The van der Waals surface area contributed by atoms with Crippen molar-refractivity contribution in [3.8, 4) is 0 Å². The van der Waals surface area contributed by atoms with E-state index in [-0.39, 0.29) is 5.91 Å². The fourth-order valence-electron chi connectivity index (χ4n) is 2.45. The topological polar surface area (TPSA) is 41.5 Å². The van der Waals surface area contributed by atoms with Crippen molar-refractivity contribution in [2.45, 2.75) is 71.1 Å². The predicted octanol–water partition coefficient (Wildman–Crippen LogP) is 6.36. The Morgan fingerprint density at radius 3 is 2.12 bits per heavy atom. The SMILES string of the molecule is CCCCCCCCCCCC(=O)N/N=C/c1c(Cl)cccc1Cl. The molecule has 0 fully saturated rings. The van der Waals surface area contributed by atoms with Crippen LogP contribution < -0.4 is 5.43 Å². The average molecular weight is 371 g/mol. The Balaban J connectivity index is 2.09. The minimum atomic E-state index is -0.0719. The molecule has 1 aromatic rings. The number of nitrogens with one attached hydrogen (secondary N) is 1. The van der Waals surface area contributed by atoms with Crippen molar-refractivity contribution in [1.82, 2.24) is 5.43 Å². The Hall–Kier alpha value is -1.06. The largest absolute Gasteiger partial charge is 0.273 e. The molecule has 0 spiro atoms. The van der Waals surface area contributed by atoms with Gasteiger partial charge in [0.1, 0.15) is 0 Å². The summed E-state index contributed by atoms with van der Waals surface area (Å²) in [6.07, 6.45) is 13.1. The molecule has 1 amide bonds. The number of hydrazone groups is 1. The molecule has 0 bridgehead atoms. The van der Waals surface area contributed by atoms with Crippen LogP contribution in [-0.4, -0.2) is 12.1 Å². The van der Waals surface area contributed by atoms with Crippen molar-refractivity contribution >= 4 is 35.3 Å². The predicted molar refractivity (Wildman–Crippen MR) is 104 cm³/mol. The first-order valence-electron chi connectivity index (χ1n) is 8.91. The van der Waals surface area contributed by atoms with Crippen LogP contribution in [0.2, 0.25) is 10.0 Å². The maximum Gasteiger partial charge on any atom is 0.240 e. The third-order valence-electron chi connectivity index (χ3n) is 3.89. The van der Waals surface area contributed by atoms with Crippen molar-refractivity contribution in [3.05, 3.63) is 33.8 Å². The second-order valence-corrected chi connectivity index (χ2v) is 6.82. The van der Waals surface area contributed by atoms with E-state index in [2.05, 4.69) is 17.5 Å². The zero-order chi connectivity index (χ0) is 17.6. The van der Waals surface area contributed by atoms with Gasteiger partial charge in [0.25, 0.3) is 0 Å². The first kappa shape index (κ1) is 21.0. The molecule has 0 aliphatic carbocycles. The van der Waals surface area contributed by atoms with Crippen LogP contribution in [0.5, 0.6) is 0 Å². The Kier molecular flexibility index (Phi) is 11.6. The van der Waals surface area contributed by atoms with Gasteiger partial charge >= 0.3 is 0 Å². The van der Waals surface area contributed by atoms with Crippen LogP contribution in [-0.2, 0) is 4.79 Å². The monoisotopic (exact) mass is 370 g/mol. The summed E-state index contributed by atoms with van der Waals surface area (Å²) < 4.78 is 0. The standard InChI is InChI=1S/C19H28Cl2N2O/c1-2-3-4-5-6-7-8-9-10-14-19(24)23-22-15-16-17(20)12-11-13-18(16)21/h11-13,15H,2-10,14H2,1H3,(H,23,24)/b22-15+. The van der Waals surface area contributed by atoms with Gasteiger partial charge in [-0.3, -0.25) is 4.79 Å². The molecule has 3 nitrogen and oxygen atoms in total. The molecule has 0 aliphatic rings. The molecule has 0 unspecified atom stereocenters. The first-order valence-corrected chi connectivity index (χ1v) is 9.66. The summed E-state index contributed by atoms with van der Waals surface area (Å²) in [7, 11) is 0. The van der Waals surface area contributed by atoms with Gasteiger partial charge in [0, 0.05) is 12.0 Å². The summed E-state index contributed by atoms with van der Waals surface area (Å²) in [5.41, 5.74) is 3.14. The van der Waals surface area contributed by atoms with Gasteiger partial charge in [0.2, 0.25) is 5.91 Å². The maximum atomic E-state index is 11.7. The minimum Gasteiger partial charge on any atom is -0.273 e. The summed E-state index contributed by atoms with van der Waals surface area (Å²) in [4.78, 5) is 11.7. The van der Waals surface area contributed by atoms with E-state index in [1.54, 1.807) is 18.2 Å². The third-order valence-corrected chi connectivity index (χ3v) is 4.55.